The highest BCUT2D eigenvalue weighted by Crippen LogP contribution is 2.28. The molecular weight excluding hydrogens is 262 g/mol. The summed E-state index contributed by atoms with van der Waals surface area (Å²) in [5.41, 5.74) is 0. The van der Waals surface area contributed by atoms with Crippen LogP contribution in [-0.4, -0.2) is 27.3 Å². The molecule has 0 bridgehead atoms. The molecule has 1 aliphatic heterocycles. The molecule has 1 fully saturated rings. The van der Waals surface area contributed by atoms with Gasteiger partial charge in [-0.05, 0) is 25.7 Å². The van der Waals surface area contributed by atoms with Gasteiger partial charge in [-0.15, -0.1) is 0 Å². The van der Waals surface area contributed by atoms with E-state index in [-0.39, 0.29) is 0 Å². The molecule has 3 nitrogen and oxygen atoms in total. The van der Waals surface area contributed by atoms with E-state index in [0.29, 0.717) is 6.04 Å². The molecule has 0 spiro atoms. The van der Waals surface area contributed by atoms with Crippen LogP contribution >= 0.6 is 27.5 Å². The van der Waals surface area contributed by atoms with E-state index >= 15 is 0 Å². The Balaban J connectivity index is 1.97. The van der Waals surface area contributed by atoms with E-state index in [1.54, 1.807) is 6.33 Å². The van der Waals surface area contributed by atoms with Gasteiger partial charge in [0, 0.05) is 29.4 Å². The van der Waals surface area contributed by atoms with E-state index in [1.165, 1.54) is 37.2 Å². The van der Waals surface area contributed by atoms with Gasteiger partial charge in [0.15, 0.2) is 0 Å². The third-order valence-corrected chi connectivity index (χ3v) is 3.91. The SMILES string of the molecule is BrCCCC1CCCN1c1ncns1. The summed E-state index contributed by atoms with van der Waals surface area (Å²) < 4.78 is 4.06. The van der Waals surface area contributed by atoms with Crippen molar-refractivity contribution >= 4 is 32.6 Å². The second-order valence-corrected chi connectivity index (χ2v) is 5.10. The molecule has 2 rings (SSSR count). The van der Waals surface area contributed by atoms with Gasteiger partial charge in [-0.1, -0.05) is 15.9 Å². The molecule has 1 aliphatic rings. The highest BCUT2D eigenvalue weighted by atomic mass is 79.9. The van der Waals surface area contributed by atoms with Crippen LogP contribution in [0.15, 0.2) is 6.33 Å². The molecule has 1 unspecified atom stereocenters. The fourth-order valence-electron chi connectivity index (χ4n) is 1.99. The quantitative estimate of drug-likeness (QED) is 0.792. The average Bonchev–Trinajstić information content (AvgIpc) is 2.84. The maximum absolute atomic E-state index is 4.28. The maximum Gasteiger partial charge on any atom is 0.205 e. The zero-order valence-electron chi connectivity index (χ0n) is 8.03. The van der Waals surface area contributed by atoms with Crippen molar-refractivity contribution in [2.75, 3.05) is 16.8 Å². The molecule has 0 radical (unpaired) electrons. The van der Waals surface area contributed by atoms with Crippen molar-refractivity contribution in [1.29, 1.82) is 0 Å². The minimum absolute atomic E-state index is 0.695. The zero-order valence-corrected chi connectivity index (χ0v) is 10.4. The fourth-order valence-corrected chi connectivity index (χ4v) is 2.95. The first-order chi connectivity index (χ1) is 6.92. The van der Waals surface area contributed by atoms with Gasteiger partial charge in [0.2, 0.25) is 5.13 Å². The van der Waals surface area contributed by atoms with Crippen LogP contribution in [0, 0.1) is 0 Å². The monoisotopic (exact) mass is 275 g/mol. The van der Waals surface area contributed by atoms with Crippen LogP contribution in [0.4, 0.5) is 5.13 Å². The molecule has 1 saturated heterocycles. The summed E-state index contributed by atoms with van der Waals surface area (Å²) >= 11 is 4.99. The predicted octanol–water partition coefficient (Wildman–Crippen LogP) is 2.68. The molecule has 0 saturated carbocycles. The molecule has 1 atom stereocenters. The van der Waals surface area contributed by atoms with Gasteiger partial charge in [0.1, 0.15) is 6.33 Å². The van der Waals surface area contributed by atoms with Crippen LogP contribution in [-0.2, 0) is 0 Å². The predicted molar refractivity (Wildman–Crippen MR) is 63.3 cm³/mol. The molecule has 1 aromatic heterocycles. The molecule has 0 aromatic carbocycles. The first-order valence-electron chi connectivity index (χ1n) is 5.01. The van der Waals surface area contributed by atoms with Crippen LogP contribution < -0.4 is 4.90 Å². The molecule has 1 aromatic rings. The van der Waals surface area contributed by atoms with Crippen molar-refractivity contribution in [3.8, 4) is 0 Å². The molecule has 0 aliphatic carbocycles. The Hall–Kier alpha value is -0.160. The summed E-state index contributed by atoms with van der Waals surface area (Å²) in [6.07, 6.45) is 6.78. The zero-order chi connectivity index (χ0) is 9.80. The van der Waals surface area contributed by atoms with E-state index in [9.17, 15) is 0 Å². The number of aromatic nitrogens is 2. The van der Waals surface area contributed by atoms with E-state index in [2.05, 4.69) is 30.2 Å². The molecule has 14 heavy (non-hydrogen) atoms. The summed E-state index contributed by atoms with van der Waals surface area (Å²) in [5, 5.41) is 2.20. The largest absolute Gasteiger partial charge is 0.344 e. The number of halogens is 1. The standard InChI is InChI=1S/C9H14BrN3S/c10-5-1-3-8-4-2-6-13(8)9-11-7-12-14-9/h7-8H,1-6H2. The summed E-state index contributed by atoms with van der Waals surface area (Å²) in [7, 11) is 0. The lowest BCUT2D eigenvalue weighted by Crippen LogP contribution is -2.28. The summed E-state index contributed by atoms with van der Waals surface area (Å²) in [6, 6.07) is 0.695. The van der Waals surface area contributed by atoms with Gasteiger partial charge in [0.25, 0.3) is 0 Å². The van der Waals surface area contributed by atoms with Gasteiger partial charge in [-0.25, -0.2) is 4.98 Å². The third kappa shape index (κ3) is 2.25. The highest BCUT2D eigenvalue weighted by Gasteiger charge is 2.25. The van der Waals surface area contributed by atoms with Gasteiger partial charge >= 0.3 is 0 Å². The minimum Gasteiger partial charge on any atom is -0.344 e. The normalized spacial score (nSPS) is 21.8. The van der Waals surface area contributed by atoms with Crippen LogP contribution in [0.3, 0.4) is 0 Å². The number of nitrogens with zero attached hydrogens (tertiary/aromatic N) is 3. The van der Waals surface area contributed by atoms with Crippen LogP contribution in [0.2, 0.25) is 0 Å². The maximum atomic E-state index is 4.28. The fraction of sp³-hybridized carbons (Fsp3) is 0.778. The second-order valence-electron chi connectivity index (χ2n) is 3.54. The lowest BCUT2D eigenvalue weighted by atomic mass is 10.1. The average molecular weight is 276 g/mol. The van der Waals surface area contributed by atoms with Crippen LogP contribution in [0.5, 0.6) is 0 Å². The third-order valence-electron chi connectivity index (χ3n) is 2.64. The first kappa shape index (κ1) is 10.4. The van der Waals surface area contributed by atoms with Gasteiger partial charge in [-0.2, -0.15) is 4.37 Å². The van der Waals surface area contributed by atoms with Crippen molar-refractivity contribution in [2.45, 2.75) is 31.7 Å². The number of anilines is 1. The molecule has 0 N–H and O–H groups in total. The summed E-state index contributed by atoms with van der Waals surface area (Å²) in [6.45, 7) is 1.15. The van der Waals surface area contributed by atoms with Crippen LogP contribution in [0.1, 0.15) is 25.7 Å². The number of alkyl halides is 1. The Kier molecular flexibility index (Phi) is 3.75. The minimum atomic E-state index is 0.695. The van der Waals surface area contributed by atoms with E-state index in [1.807, 2.05) is 0 Å². The Morgan fingerprint density at radius 2 is 2.57 bits per heavy atom. The molecular formula is C9H14BrN3S. The van der Waals surface area contributed by atoms with E-state index in [0.717, 1.165) is 17.0 Å². The van der Waals surface area contributed by atoms with Crippen molar-refractivity contribution in [3.05, 3.63) is 6.33 Å². The van der Waals surface area contributed by atoms with Crippen molar-refractivity contribution in [3.63, 3.8) is 0 Å². The number of rotatable bonds is 4. The molecule has 2 heterocycles. The van der Waals surface area contributed by atoms with Gasteiger partial charge in [-0.3, -0.25) is 0 Å². The van der Waals surface area contributed by atoms with E-state index in [4.69, 9.17) is 0 Å². The Morgan fingerprint density at radius 1 is 1.64 bits per heavy atom. The summed E-state index contributed by atoms with van der Waals surface area (Å²) in [5.74, 6) is 0. The molecule has 5 heteroatoms. The van der Waals surface area contributed by atoms with Gasteiger partial charge in [0.05, 0.1) is 0 Å². The molecule has 78 valence electrons. The number of hydrogen-bond acceptors (Lipinski definition) is 4. The topological polar surface area (TPSA) is 29.0 Å². The lowest BCUT2D eigenvalue weighted by Gasteiger charge is -2.23. The van der Waals surface area contributed by atoms with Crippen molar-refractivity contribution in [1.82, 2.24) is 9.36 Å². The first-order valence-corrected chi connectivity index (χ1v) is 6.90. The number of hydrogen-bond donors (Lipinski definition) is 0. The smallest absolute Gasteiger partial charge is 0.205 e. The Bertz CT molecular complexity index is 265. The van der Waals surface area contributed by atoms with Gasteiger partial charge < -0.3 is 4.90 Å². The lowest BCUT2D eigenvalue weighted by molar-refractivity contribution is 0.603. The Labute approximate surface area is 96.8 Å². The van der Waals surface area contributed by atoms with Crippen molar-refractivity contribution < 1.29 is 0 Å². The van der Waals surface area contributed by atoms with E-state index < -0.39 is 0 Å². The van der Waals surface area contributed by atoms with Crippen LogP contribution in [0.25, 0.3) is 0 Å². The second kappa shape index (κ2) is 5.07. The molecule has 0 amide bonds. The van der Waals surface area contributed by atoms with Crippen molar-refractivity contribution in [2.24, 2.45) is 0 Å². The Morgan fingerprint density at radius 3 is 3.29 bits per heavy atom. The highest BCUT2D eigenvalue weighted by molar-refractivity contribution is 9.09. The summed E-state index contributed by atoms with van der Waals surface area (Å²) in [4.78, 5) is 6.70.